The molecule has 0 aromatic heterocycles. The summed E-state index contributed by atoms with van der Waals surface area (Å²) in [7, 11) is 0. The molecule has 1 rings (SSSR count). The van der Waals surface area contributed by atoms with Crippen LogP contribution >= 0.6 is 0 Å². The highest BCUT2D eigenvalue weighted by Gasteiger charge is 1.75. The van der Waals surface area contributed by atoms with Gasteiger partial charge >= 0.3 is 0 Å². The van der Waals surface area contributed by atoms with Crippen LogP contribution < -0.4 is 6.15 Å². The number of hydrogen-bond donors (Lipinski definition) is 1. The van der Waals surface area contributed by atoms with Gasteiger partial charge in [-0.3, -0.25) is 0 Å². The minimum Gasteiger partial charge on any atom is -0.412 e. The second-order valence-electron chi connectivity index (χ2n) is 1.61. The van der Waals surface area contributed by atoms with Gasteiger partial charge in [0, 0.05) is 0 Å². The highest BCUT2D eigenvalue weighted by molar-refractivity contribution is 5.45. The van der Waals surface area contributed by atoms with Crippen LogP contribution in [0.4, 0.5) is 0 Å². The molecule has 1 aromatic carbocycles. The molecule has 0 radical (unpaired) electrons. The van der Waals surface area contributed by atoms with Gasteiger partial charge in [-0.1, -0.05) is 43.0 Å². The molecule has 0 saturated heterocycles. The van der Waals surface area contributed by atoms with Crippen LogP contribution in [0.3, 0.4) is 0 Å². The van der Waals surface area contributed by atoms with Crippen LogP contribution in [0.2, 0.25) is 0 Å². The van der Waals surface area contributed by atoms with Gasteiger partial charge in [-0.2, -0.15) is 0 Å². The van der Waals surface area contributed by atoms with E-state index >= 15 is 0 Å². The first-order valence-corrected chi connectivity index (χ1v) is 2.61. The molecule has 5 N–H and O–H groups in total. The first kappa shape index (κ1) is 11.6. The molecular formula is C8H13NO. The van der Waals surface area contributed by atoms with Crippen LogP contribution in [-0.2, 0) is 0 Å². The normalized spacial score (nSPS) is 6.80. The minimum atomic E-state index is 0. The monoisotopic (exact) mass is 139 g/mol. The SMILES string of the molecule is C=Cc1ccccc1.N.O. The van der Waals surface area contributed by atoms with Crippen LogP contribution in [0.15, 0.2) is 36.9 Å². The Balaban J connectivity index is 0. The molecule has 0 saturated carbocycles. The Bertz CT molecular complexity index is 172. The third-order valence-electron chi connectivity index (χ3n) is 1.04. The molecule has 0 spiro atoms. The van der Waals surface area contributed by atoms with E-state index in [9.17, 15) is 0 Å². The molecule has 2 nitrogen and oxygen atoms in total. The van der Waals surface area contributed by atoms with Gasteiger partial charge in [-0.15, -0.1) is 0 Å². The van der Waals surface area contributed by atoms with E-state index in [1.807, 2.05) is 36.4 Å². The van der Waals surface area contributed by atoms with E-state index in [1.54, 1.807) is 0 Å². The summed E-state index contributed by atoms with van der Waals surface area (Å²) in [5, 5.41) is 0. The van der Waals surface area contributed by atoms with Gasteiger partial charge in [0.15, 0.2) is 0 Å². The summed E-state index contributed by atoms with van der Waals surface area (Å²) in [5.74, 6) is 0. The third-order valence-corrected chi connectivity index (χ3v) is 1.04. The van der Waals surface area contributed by atoms with Gasteiger partial charge in [0.1, 0.15) is 0 Å². The zero-order valence-electron chi connectivity index (χ0n) is 5.88. The molecule has 0 bridgehead atoms. The molecular weight excluding hydrogens is 126 g/mol. The molecule has 56 valence electrons. The maximum absolute atomic E-state index is 3.63. The molecule has 0 fully saturated rings. The van der Waals surface area contributed by atoms with Gasteiger partial charge in [-0.05, 0) is 5.56 Å². The van der Waals surface area contributed by atoms with Crippen LogP contribution in [-0.4, -0.2) is 5.48 Å². The van der Waals surface area contributed by atoms with Crippen molar-refractivity contribution < 1.29 is 5.48 Å². The largest absolute Gasteiger partial charge is 0.412 e. The highest BCUT2D eigenvalue weighted by Crippen LogP contribution is 1.97. The molecule has 1 aromatic rings. The van der Waals surface area contributed by atoms with E-state index in [-0.39, 0.29) is 11.6 Å². The van der Waals surface area contributed by atoms with Gasteiger partial charge in [0.25, 0.3) is 0 Å². The third kappa shape index (κ3) is 3.02. The zero-order valence-corrected chi connectivity index (χ0v) is 5.88. The first-order valence-electron chi connectivity index (χ1n) is 2.61. The lowest BCUT2D eigenvalue weighted by Gasteiger charge is -1.85. The maximum atomic E-state index is 3.63. The fourth-order valence-corrected chi connectivity index (χ4v) is 0.589. The molecule has 0 unspecified atom stereocenters. The fourth-order valence-electron chi connectivity index (χ4n) is 0.589. The smallest absolute Gasteiger partial charge is 0.0263 e. The van der Waals surface area contributed by atoms with Crippen molar-refractivity contribution in [1.82, 2.24) is 6.15 Å². The van der Waals surface area contributed by atoms with Crippen molar-refractivity contribution in [3.8, 4) is 0 Å². The van der Waals surface area contributed by atoms with Gasteiger partial charge in [0.05, 0.1) is 0 Å². The van der Waals surface area contributed by atoms with Crippen molar-refractivity contribution >= 4 is 6.08 Å². The summed E-state index contributed by atoms with van der Waals surface area (Å²) >= 11 is 0. The minimum absolute atomic E-state index is 0. The summed E-state index contributed by atoms with van der Waals surface area (Å²) in [6, 6.07) is 10.0. The van der Waals surface area contributed by atoms with Crippen molar-refractivity contribution in [2.75, 3.05) is 0 Å². The Morgan fingerprint density at radius 1 is 1.10 bits per heavy atom. The zero-order chi connectivity index (χ0) is 5.82. The second-order valence-corrected chi connectivity index (χ2v) is 1.61. The fraction of sp³-hybridized carbons (Fsp3) is 0. The predicted molar refractivity (Wildman–Crippen MR) is 45.2 cm³/mol. The Hall–Kier alpha value is -1.12. The Labute approximate surface area is 61.1 Å². The Morgan fingerprint density at radius 2 is 1.60 bits per heavy atom. The molecule has 0 heterocycles. The molecule has 10 heavy (non-hydrogen) atoms. The summed E-state index contributed by atoms with van der Waals surface area (Å²) in [4.78, 5) is 0. The molecule has 0 aliphatic carbocycles. The molecule has 0 aliphatic rings. The Kier molecular flexibility index (Phi) is 7.00. The number of hydrogen-bond acceptors (Lipinski definition) is 1. The van der Waals surface area contributed by atoms with Gasteiger partial charge < -0.3 is 11.6 Å². The van der Waals surface area contributed by atoms with Crippen molar-refractivity contribution in [3.05, 3.63) is 42.5 Å². The summed E-state index contributed by atoms with van der Waals surface area (Å²) in [6.45, 7) is 3.63. The molecule has 0 aliphatic heterocycles. The predicted octanol–water partition coefficient (Wildman–Crippen LogP) is 1.67. The van der Waals surface area contributed by atoms with E-state index in [1.165, 1.54) is 5.56 Å². The summed E-state index contributed by atoms with van der Waals surface area (Å²) in [6.07, 6.45) is 1.83. The average molecular weight is 139 g/mol. The standard InChI is InChI=1S/C8H8.H3N.H2O/c1-2-8-6-4-3-5-7-8;;/h2-7H,1H2;1H3;1H2. The average Bonchev–Trinajstić information content (AvgIpc) is 1.90. The topological polar surface area (TPSA) is 66.5 Å². The quantitative estimate of drug-likeness (QED) is 0.631. The molecule has 0 amide bonds. The van der Waals surface area contributed by atoms with Crippen LogP contribution in [0, 0.1) is 0 Å². The van der Waals surface area contributed by atoms with Crippen molar-refractivity contribution in [2.45, 2.75) is 0 Å². The van der Waals surface area contributed by atoms with E-state index in [2.05, 4.69) is 6.58 Å². The van der Waals surface area contributed by atoms with Gasteiger partial charge in [-0.25, -0.2) is 0 Å². The van der Waals surface area contributed by atoms with Crippen LogP contribution in [0.25, 0.3) is 6.08 Å². The van der Waals surface area contributed by atoms with Crippen LogP contribution in [0.5, 0.6) is 0 Å². The van der Waals surface area contributed by atoms with Crippen LogP contribution in [0.1, 0.15) is 5.56 Å². The van der Waals surface area contributed by atoms with E-state index < -0.39 is 0 Å². The van der Waals surface area contributed by atoms with Crippen molar-refractivity contribution in [1.29, 1.82) is 0 Å². The van der Waals surface area contributed by atoms with E-state index in [4.69, 9.17) is 0 Å². The van der Waals surface area contributed by atoms with E-state index in [0.717, 1.165) is 0 Å². The van der Waals surface area contributed by atoms with Crippen molar-refractivity contribution in [2.24, 2.45) is 0 Å². The number of benzene rings is 1. The maximum Gasteiger partial charge on any atom is -0.0263 e. The van der Waals surface area contributed by atoms with E-state index in [0.29, 0.717) is 0 Å². The summed E-state index contributed by atoms with van der Waals surface area (Å²) in [5.41, 5.74) is 1.17. The lowest BCUT2D eigenvalue weighted by Crippen LogP contribution is -1.63. The molecule has 2 heteroatoms. The lowest BCUT2D eigenvalue weighted by atomic mass is 10.2. The summed E-state index contributed by atoms with van der Waals surface area (Å²) < 4.78 is 0. The molecule has 0 atom stereocenters. The Morgan fingerprint density at radius 3 is 1.90 bits per heavy atom. The van der Waals surface area contributed by atoms with Gasteiger partial charge in [0.2, 0.25) is 0 Å². The second kappa shape index (κ2) is 6.01. The number of rotatable bonds is 1. The highest BCUT2D eigenvalue weighted by atomic mass is 16.0. The first-order chi connectivity index (χ1) is 3.93. The van der Waals surface area contributed by atoms with Crippen molar-refractivity contribution in [3.63, 3.8) is 0 Å². The lowest BCUT2D eigenvalue weighted by molar-refractivity contribution is 0.824.